The van der Waals surface area contributed by atoms with Crippen LogP contribution in [0.5, 0.6) is 5.75 Å². The van der Waals surface area contributed by atoms with E-state index in [0.29, 0.717) is 0 Å². The lowest BCUT2D eigenvalue weighted by Gasteiger charge is -2.05. The van der Waals surface area contributed by atoms with Gasteiger partial charge < -0.3 is 20.5 Å². The SMILES string of the molecule is Cn1c(C(=O)Nc2ccc(O)c(F)c2)ccc1[N+](=O)[O-]. The molecule has 0 fully saturated rings. The summed E-state index contributed by atoms with van der Waals surface area (Å²) in [5, 5.41) is 22.1. The van der Waals surface area contributed by atoms with E-state index in [1.54, 1.807) is 0 Å². The predicted octanol–water partition coefficient (Wildman–Crippen LogP) is 2.03. The lowest BCUT2D eigenvalue weighted by atomic mass is 10.3. The van der Waals surface area contributed by atoms with Crippen molar-refractivity contribution in [2.75, 3.05) is 5.32 Å². The molecule has 0 bridgehead atoms. The number of carbonyl (C=O) groups is 1. The van der Waals surface area contributed by atoms with Crippen LogP contribution in [-0.2, 0) is 7.05 Å². The first kappa shape index (κ1) is 13.5. The highest BCUT2D eigenvalue weighted by atomic mass is 19.1. The monoisotopic (exact) mass is 279 g/mol. The summed E-state index contributed by atoms with van der Waals surface area (Å²) in [6.07, 6.45) is 0. The second kappa shape index (κ2) is 5.00. The molecule has 8 heteroatoms. The molecule has 0 unspecified atom stereocenters. The number of hydrogen-bond acceptors (Lipinski definition) is 4. The van der Waals surface area contributed by atoms with E-state index in [1.807, 2.05) is 0 Å². The van der Waals surface area contributed by atoms with Crippen molar-refractivity contribution in [3.63, 3.8) is 0 Å². The summed E-state index contributed by atoms with van der Waals surface area (Å²) in [6.45, 7) is 0. The van der Waals surface area contributed by atoms with Crippen LogP contribution in [0.2, 0.25) is 0 Å². The molecule has 2 rings (SSSR count). The molecule has 0 aliphatic heterocycles. The summed E-state index contributed by atoms with van der Waals surface area (Å²) in [6, 6.07) is 5.85. The van der Waals surface area contributed by atoms with Gasteiger partial charge in [-0.2, -0.15) is 0 Å². The Morgan fingerprint density at radius 3 is 2.65 bits per heavy atom. The zero-order valence-electron chi connectivity index (χ0n) is 10.3. The van der Waals surface area contributed by atoms with E-state index in [0.717, 1.165) is 16.7 Å². The Balaban J connectivity index is 2.24. The third-order valence-corrected chi connectivity index (χ3v) is 2.72. The second-order valence-electron chi connectivity index (χ2n) is 4.01. The van der Waals surface area contributed by atoms with E-state index in [2.05, 4.69) is 5.32 Å². The molecule has 0 spiro atoms. The Bertz CT molecular complexity index is 696. The molecule has 0 atom stereocenters. The van der Waals surface area contributed by atoms with Crippen LogP contribution in [0.25, 0.3) is 0 Å². The summed E-state index contributed by atoms with van der Waals surface area (Å²) in [5.41, 5.74) is 0.194. The molecule has 7 nitrogen and oxygen atoms in total. The highest BCUT2D eigenvalue weighted by Crippen LogP contribution is 2.21. The second-order valence-corrected chi connectivity index (χ2v) is 4.01. The van der Waals surface area contributed by atoms with Crippen LogP contribution in [0.4, 0.5) is 15.9 Å². The highest BCUT2D eigenvalue weighted by Gasteiger charge is 2.20. The Kier molecular flexibility index (Phi) is 3.38. The number of halogens is 1. The molecule has 0 radical (unpaired) electrons. The van der Waals surface area contributed by atoms with Crippen LogP contribution in [-0.4, -0.2) is 20.5 Å². The van der Waals surface area contributed by atoms with Crippen LogP contribution in [0.1, 0.15) is 10.5 Å². The van der Waals surface area contributed by atoms with Crippen LogP contribution in [0.15, 0.2) is 30.3 Å². The molecule has 0 aliphatic carbocycles. The van der Waals surface area contributed by atoms with Crippen molar-refractivity contribution in [3.05, 3.63) is 52.0 Å². The number of aromatic nitrogens is 1. The minimum Gasteiger partial charge on any atom is -0.505 e. The first-order valence-corrected chi connectivity index (χ1v) is 5.50. The normalized spacial score (nSPS) is 10.3. The van der Waals surface area contributed by atoms with Gasteiger partial charge in [0.25, 0.3) is 5.91 Å². The van der Waals surface area contributed by atoms with Gasteiger partial charge in [0.05, 0.1) is 7.05 Å². The van der Waals surface area contributed by atoms with Crippen molar-refractivity contribution in [2.45, 2.75) is 0 Å². The lowest BCUT2D eigenvalue weighted by Crippen LogP contribution is -2.16. The number of hydrogen-bond donors (Lipinski definition) is 2. The number of anilines is 1. The fourth-order valence-electron chi connectivity index (χ4n) is 1.69. The van der Waals surface area contributed by atoms with Crippen molar-refractivity contribution >= 4 is 17.4 Å². The molecular formula is C12H10FN3O4. The number of nitrogens with zero attached hydrogens (tertiary/aromatic N) is 2. The van der Waals surface area contributed by atoms with Gasteiger partial charge in [0.15, 0.2) is 17.3 Å². The molecule has 1 heterocycles. The first-order chi connectivity index (χ1) is 9.40. The fraction of sp³-hybridized carbons (Fsp3) is 0.0833. The number of nitrogens with one attached hydrogen (secondary N) is 1. The number of phenolic OH excluding ortho intramolecular Hbond substituents is 1. The maximum atomic E-state index is 13.1. The standard InChI is InChI=1S/C12H10FN3O4/c1-15-9(3-5-11(15)16(19)20)12(18)14-7-2-4-10(17)8(13)6-7/h2-6,17H,1H3,(H,14,18). The third kappa shape index (κ3) is 2.44. The van der Waals surface area contributed by atoms with Gasteiger partial charge in [0.2, 0.25) is 0 Å². The number of benzene rings is 1. The van der Waals surface area contributed by atoms with Crippen LogP contribution < -0.4 is 5.32 Å². The Hall–Kier alpha value is -2.90. The number of aromatic hydroxyl groups is 1. The quantitative estimate of drug-likeness (QED) is 0.510. The lowest BCUT2D eigenvalue weighted by molar-refractivity contribution is -0.391. The maximum absolute atomic E-state index is 13.1. The summed E-state index contributed by atoms with van der Waals surface area (Å²) in [5.74, 6) is -2.25. The van der Waals surface area contributed by atoms with E-state index < -0.39 is 22.4 Å². The van der Waals surface area contributed by atoms with Gasteiger partial charge in [-0.15, -0.1) is 0 Å². The van der Waals surface area contributed by atoms with Gasteiger partial charge in [0, 0.05) is 17.8 Å². The smallest absolute Gasteiger partial charge is 0.323 e. The summed E-state index contributed by atoms with van der Waals surface area (Å²) in [7, 11) is 1.38. The maximum Gasteiger partial charge on any atom is 0.323 e. The van der Waals surface area contributed by atoms with Crippen molar-refractivity contribution in [3.8, 4) is 5.75 Å². The van der Waals surface area contributed by atoms with Crippen molar-refractivity contribution in [1.29, 1.82) is 0 Å². The van der Waals surface area contributed by atoms with Gasteiger partial charge in [0.1, 0.15) is 0 Å². The number of amides is 1. The van der Waals surface area contributed by atoms with E-state index in [9.17, 15) is 19.3 Å². The van der Waals surface area contributed by atoms with Gasteiger partial charge in [-0.05, 0) is 23.1 Å². The van der Waals surface area contributed by atoms with E-state index in [1.165, 1.54) is 25.2 Å². The molecule has 0 saturated carbocycles. The van der Waals surface area contributed by atoms with Gasteiger partial charge in [-0.1, -0.05) is 0 Å². The Labute approximate surface area is 112 Å². The summed E-state index contributed by atoms with van der Waals surface area (Å²) >= 11 is 0. The van der Waals surface area contributed by atoms with Gasteiger partial charge in [-0.25, -0.2) is 8.96 Å². The van der Waals surface area contributed by atoms with Gasteiger partial charge >= 0.3 is 5.82 Å². The summed E-state index contributed by atoms with van der Waals surface area (Å²) < 4.78 is 14.2. The molecule has 104 valence electrons. The molecule has 1 aromatic carbocycles. The van der Waals surface area contributed by atoms with E-state index >= 15 is 0 Å². The molecule has 1 aromatic heterocycles. The minimum atomic E-state index is -0.874. The topological polar surface area (TPSA) is 97.4 Å². The average Bonchev–Trinajstić information content (AvgIpc) is 2.76. The molecular weight excluding hydrogens is 269 g/mol. The fourth-order valence-corrected chi connectivity index (χ4v) is 1.69. The number of phenols is 1. The number of carbonyl (C=O) groups excluding carboxylic acids is 1. The molecule has 1 amide bonds. The molecule has 2 aromatic rings. The summed E-state index contributed by atoms with van der Waals surface area (Å²) in [4.78, 5) is 22.0. The zero-order valence-corrected chi connectivity index (χ0v) is 10.3. The van der Waals surface area contributed by atoms with E-state index in [4.69, 9.17) is 5.11 Å². The molecule has 2 N–H and O–H groups in total. The Morgan fingerprint density at radius 1 is 1.40 bits per heavy atom. The third-order valence-electron chi connectivity index (χ3n) is 2.72. The van der Waals surface area contributed by atoms with Crippen molar-refractivity contribution in [1.82, 2.24) is 4.57 Å². The number of nitro groups is 1. The van der Waals surface area contributed by atoms with Crippen LogP contribution in [0.3, 0.4) is 0 Å². The highest BCUT2D eigenvalue weighted by molar-refractivity contribution is 6.03. The van der Waals surface area contributed by atoms with Gasteiger partial charge in [-0.3, -0.25) is 4.79 Å². The van der Waals surface area contributed by atoms with Crippen LogP contribution >= 0.6 is 0 Å². The largest absolute Gasteiger partial charge is 0.505 e. The zero-order chi connectivity index (χ0) is 14.9. The van der Waals surface area contributed by atoms with Crippen molar-refractivity contribution < 1.29 is 19.2 Å². The van der Waals surface area contributed by atoms with E-state index in [-0.39, 0.29) is 17.2 Å². The van der Waals surface area contributed by atoms with Crippen LogP contribution in [0, 0.1) is 15.9 Å². The van der Waals surface area contributed by atoms with Crippen molar-refractivity contribution in [2.24, 2.45) is 7.05 Å². The number of rotatable bonds is 3. The Morgan fingerprint density at radius 2 is 2.10 bits per heavy atom. The molecule has 0 saturated heterocycles. The predicted molar refractivity (Wildman–Crippen MR) is 68.1 cm³/mol. The minimum absolute atomic E-state index is 0.0604. The average molecular weight is 279 g/mol. The molecule has 20 heavy (non-hydrogen) atoms. The molecule has 0 aliphatic rings. The first-order valence-electron chi connectivity index (χ1n) is 5.50.